The smallest absolute Gasteiger partial charge is 0.121 e. The van der Waals surface area contributed by atoms with Gasteiger partial charge in [-0.25, -0.2) is 0 Å². The maximum atomic E-state index is 10.5. The minimum absolute atomic E-state index is 0.129. The molecule has 0 aliphatic rings. The van der Waals surface area contributed by atoms with Crippen LogP contribution in [-0.4, -0.2) is 32.8 Å². The summed E-state index contributed by atoms with van der Waals surface area (Å²) in [5, 5.41) is 41.5. The summed E-state index contributed by atoms with van der Waals surface area (Å²) < 4.78 is 2.08. The van der Waals surface area contributed by atoms with Crippen molar-refractivity contribution in [3.8, 4) is 39.8 Å². The van der Waals surface area contributed by atoms with Gasteiger partial charge in [-0.05, 0) is 141 Å². The molecular formula is C36H34BNO4. The SMILES string of the molecule is Cc1ccc(O)cc1-c1cc(O)ccc1C.[B]c1c(O)c(C)c(C)c(C)c1-n1c2ccc(C)cc2c2cc(O)ccc21. The van der Waals surface area contributed by atoms with Crippen LogP contribution in [0.1, 0.15) is 33.4 Å². The van der Waals surface area contributed by atoms with Crippen molar-refractivity contribution >= 4 is 35.1 Å². The summed E-state index contributed by atoms with van der Waals surface area (Å²) in [6.45, 7) is 11.9. The lowest BCUT2D eigenvalue weighted by Gasteiger charge is -2.20. The zero-order valence-corrected chi connectivity index (χ0v) is 24.7. The molecule has 0 bridgehead atoms. The molecule has 0 amide bonds. The molecule has 0 fully saturated rings. The first-order valence-corrected chi connectivity index (χ1v) is 13.8. The average Bonchev–Trinajstić information content (AvgIpc) is 3.26. The highest BCUT2D eigenvalue weighted by Crippen LogP contribution is 2.37. The van der Waals surface area contributed by atoms with Crippen molar-refractivity contribution in [2.45, 2.75) is 41.5 Å². The van der Waals surface area contributed by atoms with Crippen molar-refractivity contribution in [1.82, 2.24) is 4.57 Å². The van der Waals surface area contributed by atoms with Gasteiger partial charge in [0, 0.05) is 16.5 Å². The number of rotatable bonds is 2. The summed E-state index contributed by atoms with van der Waals surface area (Å²) >= 11 is 0. The van der Waals surface area contributed by atoms with Gasteiger partial charge >= 0.3 is 0 Å². The van der Waals surface area contributed by atoms with E-state index in [2.05, 4.69) is 22.8 Å². The molecule has 4 N–H and O–H groups in total. The van der Waals surface area contributed by atoms with Gasteiger partial charge in [0.25, 0.3) is 0 Å². The average molecular weight is 555 g/mol. The van der Waals surface area contributed by atoms with Crippen LogP contribution in [0.2, 0.25) is 0 Å². The van der Waals surface area contributed by atoms with Crippen molar-refractivity contribution in [3.05, 3.63) is 106 Å². The fourth-order valence-electron chi connectivity index (χ4n) is 5.61. The van der Waals surface area contributed by atoms with Crippen molar-refractivity contribution in [2.75, 3.05) is 0 Å². The molecule has 0 saturated carbocycles. The zero-order chi connectivity index (χ0) is 30.5. The van der Waals surface area contributed by atoms with Crippen LogP contribution in [0.15, 0.2) is 72.8 Å². The van der Waals surface area contributed by atoms with Crippen LogP contribution < -0.4 is 5.46 Å². The van der Waals surface area contributed by atoms with E-state index in [0.29, 0.717) is 5.46 Å². The van der Waals surface area contributed by atoms with E-state index in [1.165, 1.54) is 0 Å². The standard InChI is InChI=1S/C22H20BNO2.C14H14O2/c1-11-5-7-18-16(9-11)17-10-15(25)6-8-19(17)24(18)21-13(3)12(2)14(4)22(26)20(21)23;1-9-3-5-11(15)7-13(9)14-8-12(16)6-4-10(14)2/h5-10,25-26H,1-4H3;3-8,15-16H,1-2H3. The molecule has 0 atom stereocenters. The number of aromatic nitrogens is 1. The number of fused-ring (bicyclic) bond motifs is 3. The fourth-order valence-corrected chi connectivity index (χ4v) is 5.61. The lowest BCUT2D eigenvalue weighted by atomic mass is 9.85. The Morgan fingerprint density at radius 2 is 1.00 bits per heavy atom. The molecule has 6 rings (SSSR count). The summed E-state index contributed by atoms with van der Waals surface area (Å²) in [6.07, 6.45) is 0. The molecule has 0 saturated heterocycles. The topological polar surface area (TPSA) is 85.9 Å². The quantitative estimate of drug-likeness (QED) is 0.166. The third-order valence-electron chi connectivity index (χ3n) is 8.21. The Morgan fingerprint density at radius 3 is 1.57 bits per heavy atom. The Morgan fingerprint density at radius 1 is 0.524 bits per heavy atom. The maximum absolute atomic E-state index is 10.5. The van der Waals surface area contributed by atoms with Crippen molar-refractivity contribution < 1.29 is 20.4 Å². The van der Waals surface area contributed by atoms with E-state index in [1.54, 1.807) is 36.4 Å². The largest absolute Gasteiger partial charge is 0.508 e. The van der Waals surface area contributed by atoms with E-state index < -0.39 is 0 Å². The Hall–Kier alpha value is -4.84. The minimum atomic E-state index is 0.129. The van der Waals surface area contributed by atoms with Crippen LogP contribution in [0, 0.1) is 41.5 Å². The predicted molar refractivity (Wildman–Crippen MR) is 173 cm³/mol. The van der Waals surface area contributed by atoms with E-state index >= 15 is 0 Å². The molecule has 2 radical (unpaired) electrons. The predicted octanol–water partition coefficient (Wildman–Crippen LogP) is 7.60. The van der Waals surface area contributed by atoms with Gasteiger partial charge < -0.3 is 25.0 Å². The van der Waals surface area contributed by atoms with Gasteiger partial charge in [-0.1, -0.05) is 23.8 Å². The number of benzene rings is 5. The van der Waals surface area contributed by atoms with Crippen molar-refractivity contribution in [3.63, 3.8) is 0 Å². The van der Waals surface area contributed by atoms with Crippen LogP contribution in [0.4, 0.5) is 0 Å². The molecule has 0 aliphatic carbocycles. The Kier molecular flexibility index (Phi) is 7.42. The molecule has 6 aromatic rings. The van der Waals surface area contributed by atoms with E-state index in [0.717, 1.165) is 72.0 Å². The second-order valence-corrected chi connectivity index (χ2v) is 11.0. The minimum Gasteiger partial charge on any atom is -0.508 e. The highest BCUT2D eigenvalue weighted by Gasteiger charge is 2.20. The van der Waals surface area contributed by atoms with Gasteiger partial charge in [-0.15, -0.1) is 0 Å². The molecule has 0 aliphatic heterocycles. The zero-order valence-electron chi connectivity index (χ0n) is 24.7. The normalized spacial score (nSPS) is 11.1. The second-order valence-electron chi connectivity index (χ2n) is 11.0. The third-order valence-corrected chi connectivity index (χ3v) is 8.21. The van der Waals surface area contributed by atoms with E-state index in [-0.39, 0.29) is 23.0 Å². The van der Waals surface area contributed by atoms with Gasteiger partial charge in [0.1, 0.15) is 30.8 Å². The molecule has 5 nitrogen and oxygen atoms in total. The molecule has 0 spiro atoms. The van der Waals surface area contributed by atoms with Crippen LogP contribution >= 0.6 is 0 Å². The molecule has 1 aromatic heterocycles. The monoisotopic (exact) mass is 555 g/mol. The molecule has 42 heavy (non-hydrogen) atoms. The number of hydrogen-bond acceptors (Lipinski definition) is 4. The van der Waals surface area contributed by atoms with E-state index in [9.17, 15) is 20.4 Å². The molecular weight excluding hydrogens is 521 g/mol. The summed E-state index contributed by atoms with van der Waals surface area (Å²) in [5.41, 5.74) is 11.2. The molecule has 0 unspecified atom stereocenters. The molecule has 1 heterocycles. The number of phenolic OH excluding ortho intramolecular Hbond substituents is 4. The summed E-state index contributed by atoms with van der Waals surface area (Å²) in [4.78, 5) is 0. The summed E-state index contributed by atoms with van der Waals surface area (Å²) in [5.74, 6) is 0.835. The van der Waals surface area contributed by atoms with Gasteiger partial charge in [0.15, 0.2) is 0 Å². The first-order chi connectivity index (χ1) is 19.9. The Labute approximate surface area is 247 Å². The van der Waals surface area contributed by atoms with Gasteiger partial charge in [-0.2, -0.15) is 0 Å². The first-order valence-electron chi connectivity index (χ1n) is 13.8. The lowest BCUT2D eigenvalue weighted by Crippen LogP contribution is -2.17. The van der Waals surface area contributed by atoms with Crippen LogP contribution in [0.25, 0.3) is 38.6 Å². The van der Waals surface area contributed by atoms with E-state index in [1.807, 2.05) is 59.7 Å². The Bertz CT molecular complexity index is 1870. The number of phenols is 4. The highest BCUT2D eigenvalue weighted by atomic mass is 16.3. The molecule has 210 valence electrons. The maximum Gasteiger partial charge on any atom is 0.121 e. The van der Waals surface area contributed by atoms with E-state index in [4.69, 9.17) is 7.85 Å². The summed E-state index contributed by atoms with van der Waals surface area (Å²) in [6, 6.07) is 22.1. The summed E-state index contributed by atoms with van der Waals surface area (Å²) in [7, 11) is 6.37. The van der Waals surface area contributed by atoms with Crippen LogP contribution in [0.5, 0.6) is 23.0 Å². The first kappa shape index (κ1) is 28.7. The second kappa shape index (κ2) is 10.9. The number of aromatic hydroxyl groups is 4. The molecule has 5 aromatic carbocycles. The third kappa shape index (κ3) is 4.94. The highest BCUT2D eigenvalue weighted by molar-refractivity contribution is 6.37. The molecule has 6 heteroatoms. The number of aryl methyl sites for hydroxylation is 3. The van der Waals surface area contributed by atoms with Gasteiger partial charge in [0.05, 0.1) is 11.0 Å². The fraction of sp³-hybridized carbons (Fsp3) is 0.167. The van der Waals surface area contributed by atoms with Crippen molar-refractivity contribution in [2.24, 2.45) is 0 Å². The lowest BCUT2D eigenvalue weighted by molar-refractivity contribution is 0.474. The van der Waals surface area contributed by atoms with Gasteiger partial charge in [-0.3, -0.25) is 0 Å². The number of nitrogens with zero attached hydrogens (tertiary/aromatic N) is 1. The van der Waals surface area contributed by atoms with Crippen LogP contribution in [0.3, 0.4) is 0 Å². The Balaban J connectivity index is 0.000000189. The number of hydrogen-bond donors (Lipinski definition) is 4. The van der Waals surface area contributed by atoms with Crippen molar-refractivity contribution in [1.29, 1.82) is 0 Å². The van der Waals surface area contributed by atoms with Crippen LogP contribution in [-0.2, 0) is 0 Å². The van der Waals surface area contributed by atoms with Gasteiger partial charge in [0.2, 0.25) is 0 Å².